The van der Waals surface area contributed by atoms with E-state index in [2.05, 4.69) is 0 Å². The van der Waals surface area contributed by atoms with Crippen LogP contribution in [0.2, 0.25) is 0 Å². The molecule has 0 N–H and O–H groups in total. The molecule has 0 aromatic carbocycles. The van der Waals surface area contributed by atoms with Gasteiger partial charge in [0.05, 0.1) is 0 Å². The van der Waals surface area contributed by atoms with E-state index in [1.54, 1.807) is 38.5 Å². The third-order valence-corrected chi connectivity index (χ3v) is 12.4. The minimum Gasteiger partial charge on any atom is -0.179 e. The summed E-state index contributed by atoms with van der Waals surface area (Å²) in [6.07, 6.45) is 22.9. The predicted octanol–water partition coefficient (Wildman–Crippen LogP) is 6.79. The number of rotatable bonds is 3. The molecule has 0 aromatic rings. The molecule has 0 aliphatic heterocycles. The van der Waals surface area contributed by atoms with Gasteiger partial charge in [0.15, 0.2) is 0 Å². The molecular weight excluding hydrogens is 259 g/mol. The van der Waals surface area contributed by atoms with Crippen molar-refractivity contribution in [1.29, 1.82) is 0 Å². The fourth-order valence-electron chi connectivity index (χ4n) is 5.58. The molecule has 3 aliphatic rings. The van der Waals surface area contributed by atoms with Gasteiger partial charge in [-0.25, -0.2) is 0 Å². The van der Waals surface area contributed by atoms with E-state index in [0.29, 0.717) is 0 Å². The zero-order valence-electron chi connectivity index (χ0n) is 13.5. The highest BCUT2D eigenvalue weighted by Gasteiger charge is 2.47. The van der Waals surface area contributed by atoms with E-state index >= 15 is 0 Å². The van der Waals surface area contributed by atoms with Crippen LogP contribution in [0, 0.1) is 6.66 Å². The van der Waals surface area contributed by atoms with E-state index in [0.717, 1.165) is 17.0 Å². The molecule has 1 heteroatoms. The Kier molecular flexibility index (Phi) is 5.46. The normalized spacial score (nSPS) is 28.6. The van der Waals surface area contributed by atoms with Crippen molar-refractivity contribution in [2.24, 2.45) is 0 Å². The highest BCUT2D eigenvalue weighted by Crippen LogP contribution is 2.76. The first kappa shape index (κ1) is 15.3. The largest absolute Gasteiger partial charge is 0.179 e. The topological polar surface area (TPSA) is 0 Å². The second kappa shape index (κ2) is 7.13. The molecule has 3 aliphatic carbocycles. The molecule has 0 aromatic heterocycles. The zero-order valence-corrected chi connectivity index (χ0v) is 14.4. The first-order valence-corrected chi connectivity index (χ1v) is 11.7. The Morgan fingerprint density at radius 2 is 0.700 bits per heavy atom. The van der Waals surface area contributed by atoms with Gasteiger partial charge in [0, 0.05) is 17.0 Å². The second-order valence-corrected chi connectivity index (χ2v) is 12.1. The zero-order chi connectivity index (χ0) is 13.8. The molecule has 0 atom stereocenters. The van der Waals surface area contributed by atoms with Gasteiger partial charge in [-0.15, -0.1) is 7.26 Å². The molecule has 20 heavy (non-hydrogen) atoms. The van der Waals surface area contributed by atoms with Gasteiger partial charge in [0.25, 0.3) is 0 Å². The van der Waals surface area contributed by atoms with E-state index in [1.165, 1.54) is 57.8 Å². The standard InChI is InChI=1S/C19H35P/c1-20(17-11-5-2-6-12-17,18-13-7-3-8-14-18)19-15-9-4-10-16-19/h17-19H,1-16H2. The summed E-state index contributed by atoms with van der Waals surface area (Å²) >= 11 is 0. The summed E-state index contributed by atoms with van der Waals surface area (Å²) in [6, 6.07) is 0. The summed E-state index contributed by atoms with van der Waals surface area (Å²) in [7, 11) is -0.946. The lowest BCUT2D eigenvalue weighted by Crippen LogP contribution is -2.34. The Balaban J connectivity index is 1.79. The molecule has 3 fully saturated rings. The molecule has 0 amide bonds. The van der Waals surface area contributed by atoms with Crippen molar-refractivity contribution in [3.8, 4) is 0 Å². The maximum absolute atomic E-state index is 5.15. The Hall–Kier alpha value is 0.430. The van der Waals surface area contributed by atoms with Crippen molar-refractivity contribution in [3.05, 3.63) is 6.66 Å². The molecule has 0 bridgehead atoms. The van der Waals surface area contributed by atoms with Crippen LogP contribution in [0.1, 0.15) is 96.3 Å². The minimum absolute atomic E-state index is 0.946. The van der Waals surface area contributed by atoms with Crippen molar-refractivity contribution >= 4 is 7.26 Å². The van der Waals surface area contributed by atoms with Gasteiger partial charge in [-0.1, -0.05) is 19.3 Å². The maximum atomic E-state index is 5.15. The molecular formula is C19H35P. The fraction of sp³-hybridized carbons (Fsp3) is 0.947. The van der Waals surface area contributed by atoms with Crippen molar-refractivity contribution < 1.29 is 0 Å². The van der Waals surface area contributed by atoms with Crippen LogP contribution in [-0.2, 0) is 0 Å². The third kappa shape index (κ3) is 3.11. The van der Waals surface area contributed by atoms with Gasteiger partial charge < -0.3 is 0 Å². The SMILES string of the molecule is [CH2-][P+](C1CCCCC1)(C1CCCCC1)C1CCCCC1. The van der Waals surface area contributed by atoms with Crippen LogP contribution in [0.4, 0.5) is 0 Å². The van der Waals surface area contributed by atoms with Crippen molar-refractivity contribution in [2.75, 3.05) is 0 Å². The lowest BCUT2D eigenvalue weighted by molar-refractivity contribution is 0.454. The molecule has 0 saturated heterocycles. The van der Waals surface area contributed by atoms with Gasteiger partial charge in [-0.3, -0.25) is 0 Å². The molecule has 0 unspecified atom stereocenters. The Morgan fingerprint density at radius 1 is 0.450 bits per heavy atom. The van der Waals surface area contributed by atoms with Crippen LogP contribution in [0.15, 0.2) is 0 Å². The van der Waals surface area contributed by atoms with E-state index in [-0.39, 0.29) is 0 Å². The van der Waals surface area contributed by atoms with E-state index < -0.39 is 7.26 Å². The van der Waals surface area contributed by atoms with E-state index in [1.807, 2.05) is 0 Å². The monoisotopic (exact) mass is 294 g/mol. The summed E-state index contributed by atoms with van der Waals surface area (Å²) in [6.45, 7) is 5.15. The van der Waals surface area contributed by atoms with Crippen molar-refractivity contribution in [3.63, 3.8) is 0 Å². The van der Waals surface area contributed by atoms with E-state index in [4.69, 9.17) is 6.66 Å². The quantitative estimate of drug-likeness (QED) is 0.397. The summed E-state index contributed by atoms with van der Waals surface area (Å²) in [5.74, 6) is 0. The average molecular weight is 294 g/mol. The molecule has 0 heterocycles. The van der Waals surface area contributed by atoms with Crippen LogP contribution >= 0.6 is 7.26 Å². The van der Waals surface area contributed by atoms with Crippen LogP contribution in [0.5, 0.6) is 0 Å². The summed E-state index contributed by atoms with van der Waals surface area (Å²) in [5.41, 5.74) is 3.22. The van der Waals surface area contributed by atoms with Crippen molar-refractivity contribution in [2.45, 2.75) is 113 Å². The minimum atomic E-state index is -0.946. The Labute approximate surface area is 127 Å². The molecule has 116 valence electrons. The lowest BCUT2D eigenvalue weighted by atomic mass is 9.99. The Morgan fingerprint density at radius 3 is 0.950 bits per heavy atom. The third-order valence-electron chi connectivity index (χ3n) is 6.76. The summed E-state index contributed by atoms with van der Waals surface area (Å²) in [4.78, 5) is 0. The first-order valence-electron chi connectivity index (χ1n) is 9.54. The van der Waals surface area contributed by atoms with Crippen LogP contribution in [0.3, 0.4) is 0 Å². The maximum Gasteiger partial charge on any atom is 0.0436 e. The Bertz CT molecular complexity index is 235. The fourth-order valence-corrected chi connectivity index (χ4v) is 11.3. The molecule has 3 rings (SSSR count). The van der Waals surface area contributed by atoms with Gasteiger partial charge in [-0.2, -0.15) is 6.66 Å². The van der Waals surface area contributed by atoms with Gasteiger partial charge >= 0.3 is 0 Å². The highest BCUT2D eigenvalue weighted by atomic mass is 31.2. The van der Waals surface area contributed by atoms with Crippen molar-refractivity contribution in [1.82, 2.24) is 0 Å². The molecule has 0 spiro atoms. The number of hydrogen-bond acceptors (Lipinski definition) is 0. The van der Waals surface area contributed by atoms with Crippen LogP contribution in [0.25, 0.3) is 0 Å². The van der Waals surface area contributed by atoms with Crippen LogP contribution < -0.4 is 0 Å². The smallest absolute Gasteiger partial charge is 0.0436 e. The second-order valence-electron chi connectivity index (χ2n) is 7.87. The molecule has 3 saturated carbocycles. The molecule has 0 radical (unpaired) electrons. The summed E-state index contributed by atoms with van der Waals surface area (Å²) < 4.78 is 0. The van der Waals surface area contributed by atoms with Crippen LogP contribution in [-0.4, -0.2) is 17.0 Å². The highest BCUT2D eigenvalue weighted by molar-refractivity contribution is 7.79. The average Bonchev–Trinajstić information content (AvgIpc) is 2.56. The number of hydrogen-bond donors (Lipinski definition) is 0. The lowest BCUT2D eigenvalue weighted by Gasteiger charge is -2.52. The van der Waals surface area contributed by atoms with Gasteiger partial charge in [-0.05, 0) is 77.0 Å². The summed E-state index contributed by atoms with van der Waals surface area (Å²) in [5, 5.41) is 0. The van der Waals surface area contributed by atoms with Gasteiger partial charge in [0.1, 0.15) is 0 Å². The van der Waals surface area contributed by atoms with E-state index in [9.17, 15) is 0 Å². The molecule has 0 nitrogen and oxygen atoms in total. The van der Waals surface area contributed by atoms with Gasteiger partial charge in [0.2, 0.25) is 0 Å². The first-order chi connectivity index (χ1) is 9.82. The predicted molar refractivity (Wildman–Crippen MR) is 92.9 cm³/mol.